The summed E-state index contributed by atoms with van der Waals surface area (Å²) in [5, 5.41) is 20.8. The Labute approximate surface area is 102 Å². The van der Waals surface area contributed by atoms with Gasteiger partial charge in [0.05, 0.1) is 5.92 Å². The molecule has 0 aromatic carbocycles. The van der Waals surface area contributed by atoms with E-state index in [1.54, 1.807) is 6.92 Å². The molecular formula is C12H23NO4. The van der Waals surface area contributed by atoms with Gasteiger partial charge in [0.2, 0.25) is 5.91 Å². The van der Waals surface area contributed by atoms with E-state index in [1.807, 2.05) is 6.92 Å². The molecule has 5 heteroatoms. The van der Waals surface area contributed by atoms with Gasteiger partial charge in [-0.2, -0.15) is 0 Å². The second-order valence-electron chi connectivity index (χ2n) is 4.18. The number of carboxylic acids is 1. The molecule has 1 amide bonds. The lowest BCUT2D eigenvalue weighted by Crippen LogP contribution is -2.36. The van der Waals surface area contributed by atoms with E-state index < -0.39 is 23.9 Å². The monoisotopic (exact) mass is 245 g/mol. The van der Waals surface area contributed by atoms with Crippen LogP contribution in [-0.2, 0) is 9.59 Å². The molecule has 2 atom stereocenters. The number of carboxylic acid groups (broad SMARTS) is 1. The van der Waals surface area contributed by atoms with E-state index in [-0.39, 0.29) is 0 Å². The topological polar surface area (TPSA) is 86.6 Å². The summed E-state index contributed by atoms with van der Waals surface area (Å²) in [6, 6.07) is 0. The highest BCUT2D eigenvalue weighted by molar-refractivity contribution is 5.80. The highest BCUT2D eigenvalue weighted by Gasteiger charge is 2.17. The Hall–Kier alpha value is -1.10. The molecule has 0 heterocycles. The average molecular weight is 245 g/mol. The Balaban J connectivity index is 3.80. The van der Waals surface area contributed by atoms with Crippen molar-refractivity contribution in [1.82, 2.24) is 5.32 Å². The molecule has 0 aromatic heterocycles. The fourth-order valence-corrected chi connectivity index (χ4v) is 1.52. The summed E-state index contributed by atoms with van der Waals surface area (Å²) in [7, 11) is 0. The largest absolute Gasteiger partial charge is 0.481 e. The summed E-state index contributed by atoms with van der Waals surface area (Å²) >= 11 is 0. The zero-order valence-corrected chi connectivity index (χ0v) is 10.6. The van der Waals surface area contributed by atoms with Gasteiger partial charge in [0, 0.05) is 6.54 Å². The lowest BCUT2D eigenvalue weighted by Gasteiger charge is -2.13. The van der Waals surface area contributed by atoms with Gasteiger partial charge < -0.3 is 15.5 Å². The number of aliphatic hydroxyl groups excluding tert-OH is 1. The van der Waals surface area contributed by atoms with Crippen molar-refractivity contribution >= 4 is 11.9 Å². The van der Waals surface area contributed by atoms with Crippen LogP contribution in [0.15, 0.2) is 0 Å². The minimum atomic E-state index is -0.972. The maximum Gasteiger partial charge on any atom is 0.306 e. The Kier molecular flexibility index (Phi) is 8.40. The van der Waals surface area contributed by atoms with E-state index in [2.05, 4.69) is 5.32 Å². The second-order valence-corrected chi connectivity index (χ2v) is 4.18. The summed E-state index contributed by atoms with van der Waals surface area (Å²) in [5.41, 5.74) is 0. The third-order valence-corrected chi connectivity index (χ3v) is 2.77. The van der Waals surface area contributed by atoms with Gasteiger partial charge in [-0.3, -0.25) is 9.59 Å². The number of nitrogens with one attached hydrogen (secondary N) is 1. The fourth-order valence-electron chi connectivity index (χ4n) is 1.52. The van der Waals surface area contributed by atoms with Crippen molar-refractivity contribution in [3.63, 3.8) is 0 Å². The first-order valence-corrected chi connectivity index (χ1v) is 6.21. The molecule has 0 aliphatic rings. The van der Waals surface area contributed by atoms with Gasteiger partial charge in [-0.25, -0.2) is 0 Å². The predicted molar refractivity (Wildman–Crippen MR) is 64.6 cm³/mol. The molecule has 0 radical (unpaired) electrons. The molecule has 5 nitrogen and oxygen atoms in total. The number of unbranched alkanes of at least 4 members (excludes halogenated alkanes) is 1. The van der Waals surface area contributed by atoms with Crippen LogP contribution in [0.1, 0.15) is 46.0 Å². The van der Waals surface area contributed by atoms with Crippen LogP contribution in [-0.4, -0.2) is 34.7 Å². The molecule has 0 saturated carbocycles. The van der Waals surface area contributed by atoms with Crippen LogP contribution in [0.4, 0.5) is 0 Å². The first-order valence-electron chi connectivity index (χ1n) is 6.21. The summed E-state index contributed by atoms with van der Waals surface area (Å²) in [5.74, 6) is -1.67. The van der Waals surface area contributed by atoms with E-state index >= 15 is 0 Å². The van der Waals surface area contributed by atoms with Crippen LogP contribution < -0.4 is 5.32 Å². The Morgan fingerprint density at radius 3 is 2.35 bits per heavy atom. The molecule has 0 aromatic rings. The van der Waals surface area contributed by atoms with Crippen molar-refractivity contribution in [2.75, 3.05) is 6.54 Å². The standard InChI is InChI=1S/C12H23NO4/c1-3-5-6-10(14)11(15)13-8-7-9(4-2)12(16)17/h9-10,14H,3-8H2,1-2H3,(H,13,15)(H,16,17). The Bertz CT molecular complexity index is 243. The molecule has 2 unspecified atom stereocenters. The van der Waals surface area contributed by atoms with Gasteiger partial charge >= 0.3 is 5.97 Å². The lowest BCUT2D eigenvalue weighted by atomic mass is 10.0. The van der Waals surface area contributed by atoms with E-state index in [1.165, 1.54) is 0 Å². The molecule has 0 bridgehead atoms. The van der Waals surface area contributed by atoms with Gasteiger partial charge in [0.1, 0.15) is 6.10 Å². The number of aliphatic carboxylic acids is 1. The molecular weight excluding hydrogens is 222 g/mol. The Morgan fingerprint density at radius 1 is 1.24 bits per heavy atom. The number of hydrogen-bond donors (Lipinski definition) is 3. The number of carbonyl (C=O) groups excluding carboxylic acids is 1. The number of hydrogen-bond acceptors (Lipinski definition) is 3. The lowest BCUT2D eigenvalue weighted by molar-refractivity contribution is -0.142. The zero-order chi connectivity index (χ0) is 13.3. The molecule has 0 spiro atoms. The summed E-state index contributed by atoms with van der Waals surface area (Å²) < 4.78 is 0. The number of amides is 1. The second kappa shape index (κ2) is 8.98. The van der Waals surface area contributed by atoms with Crippen LogP contribution >= 0.6 is 0 Å². The van der Waals surface area contributed by atoms with Crippen LogP contribution in [0.5, 0.6) is 0 Å². The minimum absolute atomic E-state index is 0.298. The molecule has 0 rings (SSSR count). The van der Waals surface area contributed by atoms with Gasteiger partial charge in [-0.15, -0.1) is 0 Å². The highest BCUT2D eigenvalue weighted by Crippen LogP contribution is 2.07. The van der Waals surface area contributed by atoms with Gasteiger partial charge in [0.15, 0.2) is 0 Å². The Morgan fingerprint density at radius 2 is 1.88 bits per heavy atom. The van der Waals surface area contributed by atoms with E-state index in [9.17, 15) is 14.7 Å². The van der Waals surface area contributed by atoms with Crippen molar-refractivity contribution in [3.8, 4) is 0 Å². The van der Waals surface area contributed by atoms with Crippen molar-refractivity contribution < 1.29 is 19.8 Å². The normalized spacial score (nSPS) is 14.1. The third-order valence-electron chi connectivity index (χ3n) is 2.77. The first kappa shape index (κ1) is 15.9. The van der Waals surface area contributed by atoms with Crippen molar-refractivity contribution in [1.29, 1.82) is 0 Å². The third kappa shape index (κ3) is 6.94. The minimum Gasteiger partial charge on any atom is -0.481 e. The maximum atomic E-state index is 11.4. The molecule has 0 aliphatic heterocycles. The molecule has 0 saturated heterocycles. The van der Waals surface area contributed by atoms with Crippen molar-refractivity contribution in [2.45, 2.75) is 52.1 Å². The fraction of sp³-hybridized carbons (Fsp3) is 0.833. The SMILES string of the molecule is CCCCC(O)C(=O)NCCC(CC)C(=O)O. The molecule has 100 valence electrons. The number of carbonyl (C=O) groups is 2. The van der Waals surface area contributed by atoms with Crippen molar-refractivity contribution in [2.24, 2.45) is 5.92 Å². The molecule has 17 heavy (non-hydrogen) atoms. The summed E-state index contributed by atoms with van der Waals surface area (Å²) in [6.45, 7) is 4.09. The van der Waals surface area contributed by atoms with E-state index in [4.69, 9.17) is 5.11 Å². The molecule has 0 fully saturated rings. The summed E-state index contributed by atoms with van der Waals surface area (Å²) in [4.78, 5) is 22.1. The molecule has 3 N–H and O–H groups in total. The van der Waals surface area contributed by atoms with Gasteiger partial charge in [0.25, 0.3) is 0 Å². The smallest absolute Gasteiger partial charge is 0.306 e. The predicted octanol–water partition coefficient (Wildman–Crippen LogP) is 1.15. The van der Waals surface area contributed by atoms with Crippen LogP contribution in [0.25, 0.3) is 0 Å². The number of rotatable bonds is 9. The average Bonchev–Trinajstić information content (AvgIpc) is 2.30. The van der Waals surface area contributed by atoms with Gasteiger partial charge in [-0.1, -0.05) is 26.7 Å². The van der Waals surface area contributed by atoms with Gasteiger partial charge in [-0.05, 0) is 19.3 Å². The van der Waals surface area contributed by atoms with Crippen LogP contribution in [0.3, 0.4) is 0 Å². The maximum absolute atomic E-state index is 11.4. The van der Waals surface area contributed by atoms with E-state index in [0.717, 1.165) is 12.8 Å². The zero-order valence-electron chi connectivity index (χ0n) is 10.6. The highest BCUT2D eigenvalue weighted by atomic mass is 16.4. The molecule has 0 aliphatic carbocycles. The number of aliphatic hydroxyl groups is 1. The van der Waals surface area contributed by atoms with Crippen LogP contribution in [0.2, 0.25) is 0 Å². The quantitative estimate of drug-likeness (QED) is 0.569. The van der Waals surface area contributed by atoms with Crippen molar-refractivity contribution in [3.05, 3.63) is 0 Å². The van der Waals surface area contributed by atoms with E-state index in [0.29, 0.717) is 25.8 Å². The van der Waals surface area contributed by atoms with Crippen LogP contribution in [0, 0.1) is 5.92 Å². The summed E-state index contributed by atoms with van der Waals surface area (Å²) in [6.07, 6.45) is 2.17. The first-order chi connectivity index (χ1) is 8.02.